The first-order chi connectivity index (χ1) is 12.9. The van der Waals surface area contributed by atoms with E-state index in [1.807, 2.05) is 19.9 Å². The fraction of sp³-hybridized carbons (Fsp3) is 0.316. The normalized spacial score (nSPS) is 10.4. The van der Waals surface area contributed by atoms with Crippen molar-refractivity contribution in [2.75, 3.05) is 34.9 Å². The topological polar surface area (TPSA) is 78.5 Å². The van der Waals surface area contributed by atoms with E-state index in [4.69, 9.17) is 11.6 Å². The van der Waals surface area contributed by atoms with E-state index in [9.17, 15) is 13.2 Å². The summed E-state index contributed by atoms with van der Waals surface area (Å²) in [5.41, 5.74) is 1.55. The minimum absolute atomic E-state index is 0.0824. The van der Waals surface area contributed by atoms with Gasteiger partial charge in [0.2, 0.25) is 5.91 Å². The van der Waals surface area contributed by atoms with Crippen LogP contribution in [0.15, 0.2) is 53.4 Å². The Kier molecular flexibility index (Phi) is 9.11. The van der Waals surface area contributed by atoms with Crippen molar-refractivity contribution in [3.05, 3.63) is 48.5 Å². The molecule has 148 valence electrons. The zero-order chi connectivity index (χ0) is 20.4. The molecule has 1 amide bonds. The highest BCUT2D eigenvalue weighted by atomic mass is 35.5. The number of hydrogen-bond donors (Lipinski definition) is 2. The number of nitrogens with one attached hydrogen (secondary N) is 2. The van der Waals surface area contributed by atoms with Crippen LogP contribution in [-0.2, 0) is 14.8 Å². The van der Waals surface area contributed by atoms with Crippen LogP contribution in [-0.4, -0.2) is 34.3 Å². The maximum Gasteiger partial charge on any atom is 0.264 e. The molecule has 0 radical (unpaired) electrons. The highest BCUT2D eigenvalue weighted by molar-refractivity contribution is 7.92. The molecule has 0 saturated carbocycles. The standard InChI is InChI=1S/C17H20ClN3O3S.C2H6/c1-19-15-9-8-14(12-16(15)20-17(22)10-11-18)25(23,24)21(2)13-6-4-3-5-7-13;1-2/h3-9,12,19H,10-11H2,1-2H3,(H,20,22);1-2H3. The predicted molar refractivity (Wildman–Crippen MR) is 113 cm³/mol. The molecule has 8 heteroatoms. The molecule has 0 spiro atoms. The molecule has 2 rings (SSSR count). The van der Waals surface area contributed by atoms with E-state index in [0.717, 1.165) is 0 Å². The molecule has 2 N–H and O–H groups in total. The molecule has 0 aromatic heterocycles. The van der Waals surface area contributed by atoms with Gasteiger partial charge >= 0.3 is 0 Å². The summed E-state index contributed by atoms with van der Waals surface area (Å²) < 4.78 is 26.9. The zero-order valence-electron chi connectivity index (χ0n) is 16.0. The summed E-state index contributed by atoms with van der Waals surface area (Å²) in [7, 11) is -0.580. The van der Waals surface area contributed by atoms with Crippen LogP contribution in [0.25, 0.3) is 0 Å². The summed E-state index contributed by atoms with van der Waals surface area (Å²) in [6, 6.07) is 13.3. The van der Waals surface area contributed by atoms with Gasteiger partial charge in [0.15, 0.2) is 0 Å². The molecule has 0 aliphatic rings. The second kappa shape index (κ2) is 10.8. The van der Waals surface area contributed by atoms with E-state index >= 15 is 0 Å². The average Bonchev–Trinajstić information content (AvgIpc) is 2.69. The van der Waals surface area contributed by atoms with E-state index in [0.29, 0.717) is 17.1 Å². The lowest BCUT2D eigenvalue weighted by molar-refractivity contribution is -0.115. The van der Waals surface area contributed by atoms with Crippen molar-refractivity contribution in [1.29, 1.82) is 0 Å². The Balaban J connectivity index is 0.00000176. The van der Waals surface area contributed by atoms with Crippen molar-refractivity contribution in [1.82, 2.24) is 0 Å². The van der Waals surface area contributed by atoms with Gasteiger partial charge in [0.1, 0.15) is 0 Å². The number of hydrogen-bond acceptors (Lipinski definition) is 4. The first-order valence-corrected chi connectivity index (χ1v) is 10.6. The van der Waals surface area contributed by atoms with Gasteiger partial charge in [0, 0.05) is 26.4 Å². The summed E-state index contributed by atoms with van der Waals surface area (Å²) in [6.07, 6.45) is 0.144. The van der Waals surface area contributed by atoms with Crippen LogP contribution in [0.2, 0.25) is 0 Å². The molecule has 0 fully saturated rings. The molecule has 2 aromatic carbocycles. The van der Waals surface area contributed by atoms with Gasteiger partial charge in [-0.05, 0) is 30.3 Å². The summed E-state index contributed by atoms with van der Waals surface area (Å²) in [5.74, 6) is -0.0902. The smallest absolute Gasteiger partial charge is 0.264 e. The van der Waals surface area contributed by atoms with E-state index in [1.165, 1.54) is 23.5 Å². The van der Waals surface area contributed by atoms with E-state index in [1.54, 1.807) is 37.4 Å². The Labute approximate surface area is 166 Å². The van der Waals surface area contributed by atoms with Gasteiger partial charge in [0.05, 0.1) is 22.0 Å². The summed E-state index contributed by atoms with van der Waals surface area (Å²) in [4.78, 5) is 11.9. The predicted octanol–water partition coefficient (Wildman–Crippen LogP) is 4.15. The highest BCUT2D eigenvalue weighted by Crippen LogP contribution is 2.28. The van der Waals surface area contributed by atoms with Crippen LogP contribution in [0.1, 0.15) is 20.3 Å². The second-order valence-corrected chi connectivity index (χ2v) is 7.60. The van der Waals surface area contributed by atoms with Crippen LogP contribution in [0, 0.1) is 0 Å². The highest BCUT2D eigenvalue weighted by Gasteiger charge is 2.22. The van der Waals surface area contributed by atoms with Gasteiger partial charge in [-0.2, -0.15) is 0 Å². The number of rotatable bonds is 7. The zero-order valence-corrected chi connectivity index (χ0v) is 17.6. The van der Waals surface area contributed by atoms with Crippen LogP contribution in [0.4, 0.5) is 17.1 Å². The van der Waals surface area contributed by atoms with Crippen molar-refractivity contribution in [2.24, 2.45) is 0 Å². The number of carbonyl (C=O) groups excluding carboxylic acids is 1. The molecular formula is C19H26ClN3O3S. The fourth-order valence-corrected chi connectivity index (χ4v) is 3.63. The quantitative estimate of drug-likeness (QED) is 0.671. The molecule has 0 atom stereocenters. The summed E-state index contributed by atoms with van der Waals surface area (Å²) in [5, 5.41) is 5.61. The third-order valence-corrected chi connectivity index (χ3v) is 5.60. The van der Waals surface area contributed by atoms with E-state index in [2.05, 4.69) is 10.6 Å². The third-order valence-electron chi connectivity index (χ3n) is 3.63. The average molecular weight is 412 g/mol. The molecule has 2 aromatic rings. The van der Waals surface area contributed by atoms with Crippen molar-refractivity contribution in [2.45, 2.75) is 25.2 Å². The number of benzene rings is 2. The Bertz CT molecular complexity index is 843. The molecule has 0 aliphatic carbocycles. The Morgan fingerprint density at radius 3 is 2.26 bits per heavy atom. The van der Waals surface area contributed by atoms with Gasteiger partial charge < -0.3 is 10.6 Å². The summed E-state index contributed by atoms with van der Waals surface area (Å²) >= 11 is 5.57. The van der Waals surface area contributed by atoms with Gasteiger partial charge in [-0.1, -0.05) is 32.0 Å². The molecule has 0 unspecified atom stereocenters. The number of amides is 1. The second-order valence-electron chi connectivity index (χ2n) is 5.25. The molecule has 6 nitrogen and oxygen atoms in total. The minimum Gasteiger partial charge on any atom is -0.386 e. The Morgan fingerprint density at radius 2 is 1.70 bits per heavy atom. The van der Waals surface area contributed by atoms with Gasteiger partial charge in [-0.15, -0.1) is 11.6 Å². The molecule has 27 heavy (non-hydrogen) atoms. The van der Waals surface area contributed by atoms with Crippen molar-refractivity contribution < 1.29 is 13.2 Å². The van der Waals surface area contributed by atoms with Crippen LogP contribution < -0.4 is 14.9 Å². The molecule has 0 saturated heterocycles. The molecular weight excluding hydrogens is 386 g/mol. The monoisotopic (exact) mass is 411 g/mol. The van der Waals surface area contributed by atoms with Crippen LogP contribution >= 0.6 is 11.6 Å². The van der Waals surface area contributed by atoms with Crippen LogP contribution in [0.3, 0.4) is 0 Å². The lowest BCUT2D eigenvalue weighted by Crippen LogP contribution is -2.26. The SMILES string of the molecule is CC.CNc1ccc(S(=O)(=O)N(C)c2ccccc2)cc1NC(=O)CCCl. The van der Waals surface area contributed by atoms with Crippen molar-refractivity contribution in [3.8, 4) is 0 Å². The molecule has 0 aliphatic heterocycles. The number of nitrogens with zero attached hydrogens (tertiary/aromatic N) is 1. The molecule has 0 bridgehead atoms. The van der Waals surface area contributed by atoms with Gasteiger partial charge in [0.25, 0.3) is 10.0 Å². The van der Waals surface area contributed by atoms with E-state index < -0.39 is 10.0 Å². The Hall–Kier alpha value is -2.25. The molecule has 0 heterocycles. The Morgan fingerprint density at radius 1 is 1.07 bits per heavy atom. The maximum absolute atomic E-state index is 12.9. The largest absolute Gasteiger partial charge is 0.386 e. The minimum atomic E-state index is -3.76. The first kappa shape index (κ1) is 22.8. The van der Waals surface area contributed by atoms with Crippen molar-refractivity contribution in [3.63, 3.8) is 0 Å². The third kappa shape index (κ3) is 5.87. The number of para-hydroxylation sites is 1. The lowest BCUT2D eigenvalue weighted by Gasteiger charge is -2.20. The fourth-order valence-electron chi connectivity index (χ4n) is 2.24. The van der Waals surface area contributed by atoms with Gasteiger partial charge in [-0.25, -0.2) is 8.42 Å². The number of anilines is 3. The summed E-state index contributed by atoms with van der Waals surface area (Å²) in [6.45, 7) is 4.00. The lowest BCUT2D eigenvalue weighted by atomic mass is 10.2. The maximum atomic E-state index is 12.9. The number of sulfonamides is 1. The van der Waals surface area contributed by atoms with E-state index in [-0.39, 0.29) is 23.1 Å². The first-order valence-electron chi connectivity index (χ1n) is 8.61. The van der Waals surface area contributed by atoms with Gasteiger partial charge in [-0.3, -0.25) is 9.10 Å². The van der Waals surface area contributed by atoms with Crippen LogP contribution in [0.5, 0.6) is 0 Å². The number of halogens is 1. The number of alkyl halides is 1. The number of carbonyl (C=O) groups is 1. The van der Waals surface area contributed by atoms with Crippen molar-refractivity contribution >= 4 is 44.6 Å².